The highest BCUT2D eigenvalue weighted by Gasteiger charge is 2.23. The molecule has 5 aromatic rings. The van der Waals surface area contributed by atoms with Gasteiger partial charge in [-0.1, -0.05) is 29.8 Å². The van der Waals surface area contributed by atoms with Crippen LogP contribution >= 0.6 is 23.2 Å². The van der Waals surface area contributed by atoms with E-state index in [0.29, 0.717) is 49.9 Å². The van der Waals surface area contributed by atoms with E-state index in [2.05, 4.69) is 32.1 Å². The lowest BCUT2D eigenvalue weighted by atomic mass is 10.0. The van der Waals surface area contributed by atoms with Gasteiger partial charge in [-0.15, -0.1) is 0 Å². The molecule has 1 saturated heterocycles. The Morgan fingerprint density at radius 3 is 2.51 bits per heavy atom. The zero-order valence-electron chi connectivity index (χ0n) is 23.7. The molecule has 0 atom stereocenters. The first-order valence-corrected chi connectivity index (χ1v) is 14.4. The van der Waals surface area contributed by atoms with Crippen molar-refractivity contribution < 1.29 is 14.3 Å². The second-order valence-corrected chi connectivity index (χ2v) is 10.7. The van der Waals surface area contributed by atoms with Crippen LogP contribution in [-0.4, -0.2) is 65.5 Å². The summed E-state index contributed by atoms with van der Waals surface area (Å²) in [6, 6.07) is 9.60. The van der Waals surface area contributed by atoms with Crippen molar-refractivity contribution in [2.45, 2.75) is 6.42 Å². The molecule has 0 spiro atoms. The smallest absolute Gasteiger partial charge is 0.229 e. The van der Waals surface area contributed by atoms with E-state index in [9.17, 15) is 4.79 Å². The van der Waals surface area contributed by atoms with Crippen LogP contribution in [-0.2, 0) is 11.2 Å². The third kappa shape index (κ3) is 5.45. The third-order valence-corrected chi connectivity index (χ3v) is 8.21. The molecule has 3 aromatic heterocycles. The predicted octanol–water partition coefficient (Wildman–Crippen LogP) is 5.72. The molecule has 12 heteroatoms. The summed E-state index contributed by atoms with van der Waals surface area (Å²) in [5, 5.41) is 8.10. The number of nitrogens with one attached hydrogen (secondary N) is 2. The van der Waals surface area contributed by atoms with Crippen LogP contribution in [0.2, 0.25) is 10.0 Å². The lowest BCUT2D eigenvalue weighted by molar-refractivity contribution is -0.114. The minimum atomic E-state index is -0.0703. The highest BCUT2D eigenvalue weighted by Crippen LogP contribution is 2.47. The molecule has 0 bridgehead atoms. The predicted molar refractivity (Wildman–Crippen MR) is 171 cm³/mol. The Bertz CT molecular complexity index is 1840. The lowest BCUT2D eigenvalue weighted by Crippen LogP contribution is -2.43. The molecule has 2 aromatic carbocycles. The summed E-state index contributed by atoms with van der Waals surface area (Å²) in [5.41, 5.74) is 5.06. The lowest BCUT2D eigenvalue weighted by Gasteiger charge is -2.30. The summed E-state index contributed by atoms with van der Waals surface area (Å²) < 4.78 is 12.8. The van der Waals surface area contributed by atoms with E-state index in [4.69, 9.17) is 37.7 Å². The molecular weight excluding hydrogens is 589 g/mol. The Morgan fingerprint density at radius 2 is 1.81 bits per heavy atom. The molecule has 0 saturated carbocycles. The highest BCUT2D eigenvalue weighted by atomic mass is 35.5. The zero-order chi connectivity index (χ0) is 30.1. The van der Waals surface area contributed by atoms with Crippen LogP contribution in [0.25, 0.3) is 27.8 Å². The van der Waals surface area contributed by atoms with Gasteiger partial charge in [0.25, 0.3) is 0 Å². The Balaban J connectivity index is 1.42. The van der Waals surface area contributed by atoms with E-state index >= 15 is 0 Å². The number of fused-ring (bicyclic) bond motifs is 3. The van der Waals surface area contributed by atoms with Gasteiger partial charge in [0.1, 0.15) is 17.1 Å². The Morgan fingerprint density at radius 1 is 1.07 bits per heavy atom. The van der Waals surface area contributed by atoms with Gasteiger partial charge in [0, 0.05) is 85.1 Å². The topological polar surface area (TPSA) is 106 Å². The van der Waals surface area contributed by atoms with Crippen molar-refractivity contribution >= 4 is 63.0 Å². The normalized spacial score (nSPS) is 13.3. The van der Waals surface area contributed by atoms with E-state index < -0.39 is 0 Å². The van der Waals surface area contributed by atoms with Crippen molar-refractivity contribution in [3.63, 3.8) is 0 Å². The van der Waals surface area contributed by atoms with Crippen LogP contribution in [0.1, 0.15) is 5.56 Å². The number of methoxy groups -OCH3 is 2. The summed E-state index contributed by atoms with van der Waals surface area (Å²) in [4.78, 5) is 28.7. The quantitative estimate of drug-likeness (QED) is 0.201. The number of hydrogen-bond acceptors (Lipinski definition) is 9. The monoisotopic (exact) mass is 617 g/mol. The van der Waals surface area contributed by atoms with Crippen LogP contribution < -0.4 is 25.0 Å². The molecule has 1 aliphatic heterocycles. The number of nitrogens with zero attached hydrogens (tertiary/aromatic N) is 5. The van der Waals surface area contributed by atoms with E-state index in [1.807, 2.05) is 34.9 Å². The van der Waals surface area contributed by atoms with Crippen molar-refractivity contribution in [2.75, 3.05) is 50.6 Å². The fraction of sp³-hybridized carbons (Fsp3) is 0.226. The number of benzene rings is 2. The van der Waals surface area contributed by atoms with Gasteiger partial charge >= 0.3 is 0 Å². The number of hydrogen-bond donors (Lipinski definition) is 2. The van der Waals surface area contributed by atoms with Crippen molar-refractivity contribution in [2.24, 2.45) is 0 Å². The van der Waals surface area contributed by atoms with Gasteiger partial charge in [-0.05, 0) is 35.9 Å². The fourth-order valence-corrected chi connectivity index (χ4v) is 5.99. The number of allylic oxidation sites excluding steroid dienone is 1. The second kappa shape index (κ2) is 12.1. The molecule has 1 aliphatic rings. The molecule has 6 rings (SSSR count). The molecule has 220 valence electrons. The zero-order valence-corrected chi connectivity index (χ0v) is 25.2. The summed E-state index contributed by atoms with van der Waals surface area (Å²) in [6.07, 6.45) is 6.77. The SMILES string of the molecule is C=CC(=O)Cc1cc(N2CCNCC2)ccc1Nc1ncc2cc(-c3c(Cl)c(OC)cc(OC)c3Cl)c3nccn3c2n1. The number of carbonyl (C=O) groups is 1. The molecule has 1 fully saturated rings. The van der Waals surface area contributed by atoms with Gasteiger partial charge < -0.3 is 25.0 Å². The molecule has 43 heavy (non-hydrogen) atoms. The standard InChI is InChI=1S/C31H29Cl2N7O3/c1-4-21(41)14-18-13-20(39-10-7-34-8-11-39)5-6-23(18)37-31-36-17-19-15-22(30-35-9-12-40(30)29(19)38-31)26-27(32)24(42-2)16-25(43-3)28(26)33/h4-6,9,12-13,15-17,34H,1,7-8,10-11,14H2,2-3H3,(H,36,37,38). The van der Waals surface area contributed by atoms with Crippen LogP contribution in [0.4, 0.5) is 17.3 Å². The van der Waals surface area contributed by atoms with Crippen molar-refractivity contribution in [1.82, 2.24) is 24.7 Å². The van der Waals surface area contributed by atoms with E-state index in [1.54, 1.807) is 18.5 Å². The van der Waals surface area contributed by atoms with Crippen LogP contribution in [0.5, 0.6) is 11.5 Å². The molecule has 0 amide bonds. The van der Waals surface area contributed by atoms with E-state index in [-0.39, 0.29) is 12.2 Å². The van der Waals surface area contributed by atoms with Crippen molar-refractivity contribution in [3.05, 3.63) is 77.2 Å². The van der Waals surface area contributed by atoms with Crippen LogP contribution in [0.15, 0.2) is 61.6 Å². The first-order chi connectivity index (χ1) is 20.9. The highest BCUT2D eigenvalue weighted by molar-refractivity contribution is 6.41. The van der Waals surface area contributed by atoms with Gasteiger partial charge in [0.15, 0.2) is 11.4 Å². The maximum absolute atomic E-state index is 12.4. The number of aromatic nitrogens is 4. The number of halogens is 2. The van der Waals surface area contributed by atoms with E-state index in [0.717, 1.165) is 48.5 Å². The van der Waals surface area contributed by atoms with E-state index in [1.165, 1.54) is 20.3 Å². The molecule has 0 radical (unpaired) electrons. The molecule has 10 nitrogen and oxygen atoms in total. The number of anilines is 3. The summed E-state index contributed by atoms with van der Waals surface area (Å²) in [6.45, 7) is 7.28. The van der Waals surface area contributed by atoms with Crippen LogP contribution in [0, 0.1) is 0 Å². The van der Waals surface area contributed by atoms with Gasteiger partial charge in [-0.25, -0.2) is 9.97 Å². The van der Waals surface area contributed by atoms with Gasteiger partial charge in [0.05, 0.1) is 24.3 Å². The van der Waals surface area contributed by atoms with Crippen LogP contribution in [0.3, 0.4) is 0 Å². The number of piperazine rings is 1. The summed E-state index contributed by atoms with van der Waals surface area (Å²) >= 11 is 13.5. The molecule has 4 heterocycles. The van der Waals surface area contributed by atoms with Gasteiger partial charge in [0.2, 0.25) is 5.95 Å². The van der Waals surface area contributed by atoms with Crippen molar-refractivity contribution in [1.29, 1.82) is 0 Å². The minimum absolute atomic E-state index is 0.0703. The minimum Gasteiger partial charge on any atom is -0.495 e. The number of ketones is 1. The van der Waals surface area contributed by atoms with Crippen molar-refractivity contribution in [3.8, 4) is 22.6 Å². The first kappa shape index (κ1) is 28.7. The average Bonchev–Trinajstić information content (AvgIpc) is 3.53. The molecule has 0 unspecified atom stereocenters. The molecule has 2 N–H and O–H groups in total. The number of pyridine rings is 1. The maximum atomic E-state index is 12.4. The fourth-order valence-electron chi connectivity index (χ4n) is 5.29. The Kier molecular flexibility index (Phi) is 8.07. The summed E-state index contributed by atoms with van der Waals surface area (Å²) in [5.74, 6) is 1.15. The second-order valence-electron chi connectivity index (χ2n) is 9.99. The Hall–Kier alpha value is -4.38. The molecular formula is C31H29Cl2N7O3. The Labute approximate surface area is 258 Å². The maximum Gasteiger partial charge on any atom is 0.229 e. The number of carbonyl (C=O) groups excluding carboxylic acids is 1. The third-order valence-electron chi connectivity index (χ3n) is 7.46. The number of rotatable bonds is 9. The number of imidazole rings is 1. The summed E-state index contributed by atoms with van der Waals surface area (Å²) in [7, 11) is 3.06. The van der Waals surface area contributed by atoms with Gasteiger partial charge in [-0.2, -0.15) is 4.98 Å². The van der Waals surface area contributed by atoms with Gasteiger partial charge in [-0.3, -0.25) is 9.20 Å². The largest absolute Gasteiger partial charge is 0.495 e. The average molecular weight is 619 g/mol. The first-order valence-electron chi connectivity index (χ1n) is 13.7. The number of ether oxygens (including phenoxy) is 2. The molecule has 0 aliphatic carbocycles.